The number of para-hydroxylation sites is 2. The predicted molar refractivity (Wildman–Crippen MR) is 110 cm³/mol. The van der Waals surface area contributed by atoms with Crippen LogP contribution in [0, 0.1) is 11.6 Å². The van der Waals surface area contributed by atoms with Crippen LogP contribution in [0.2, 0.25) is 0 Å². The van der Waals surface area contributed by atoms with Crippen molar-refractivity contribution in [2.45, 2.75) is 4.34 Å². The van der Waals surface area contributed by atoms with Crippen molar-refractivity contribution in [3.63, 3.8) is 0 Å². The third-order valence-corrected chi connectivity index (χ3v) is 5.95. The van der Waals surface area contributed by atoms with Gasteiger partial charge in [-0.25, -0.2) is 8.78 Å². The fourth-order valence-electron chi connectivity index (χ4n) is 2.15. The van der Waals surface area contributed by atoms with Crippen molar-refractivity contribution in [3.8, 4) is 5.75 Å². The van der Waals surface area contributed by atoms with Crippen LogP contribution in [0.3, 0.4) is 0 Å². The van der Waals surface area contributed by atoms with Crippen LogP contribution in [0.4, 0.5) is 25.3 Å². The Morgan fingerprint density at radius 2 is 2.07 bits per heavy atom. The van der Waals surface area contributed by atoms with Gasteiger partial charge in [-0.3, -0.25) is 4.79 Å². The third-order valence-electron chi connectivity index (χ3n) is 3.35. The number of amides is 1. The van der Waals surface area contributed by atoms with E-state index in [2.05, 4.69) is 36.8 Å². The summed E-state index contributed by atoms with van der Waals surface area (Å²) in [6.07, 6.45) is 0. The van der Waals surface area contributed by atoms with E-state index in [4.69, 9.17) is 4.74 Å². The normalized spacial score (nSPS) is 10.6. The summed E-state index contributed by atoms with van der Waals surface area (Å²) < 4.78 is 32.8. The van der Waals surface area contributed by atoms with Crippen molar-refractivity contribution >= 4 is 61.4 Å². The number of rotatable bonds is 7. The molecule has 0 aliphatic carbocycles. The van der Waals surface area contributed by atoms with Gasteiger partial charge in [0.1, 0.15) is 11.6 Å². The lowest BCUT2D eigenvalue weighted by atomic mass is 10.3. The van der Waals surface area contributed by atoms with Gasteiger partial charge in [0.15, 0.2) is 10.2 Å². The van der Waals surface area contributed by atoms with Crippen molar-refractivity contribution in [1.82, 2.24) is 10.2 Å². The quantitative estimate of drug-likeness (QED) is 0.454. The second-order valence-electron chi connectivity index (χ2n) is 5.28. The van der Waals surface area contributed by atoms with Crippen molar-refractivity contribution in [3.05, 3.63) is 52.5 Å². The van der Waals surface area contributed by atoms with Gasteiger partial charge in [0.25, 0.3) is 0 Å². The average molecular weight is 487 g/mol. The summed E-state index contributed by atoms with van der Waals surface area (Å²) in [4.78, 5) is 12.1. The molecule has 0 saturated heterocycles. The van der Waals surface area contributed by atoms with Crippen molar-refractivity contribution in [2.24, 2.45) is 0 Å². The van der Waals surface area contributed by atoms with E-state index >= 15 is 0 Å². The minimum Gasteiger partial charge on any atom is -0.495 e. The molecule has 0 spiro atoms. The van der Waals surface area contributed by atoms with Crippen LogP contribution in [0.25, 0.3) is 0 Å². The van der Waals surface area contributed by atoms with Gasteiger partial charge >= 0.3 is 0 Å². The Balaban J connectivity index is 1.58. The van der Waals surface area contributed by atoms with Crippen LogP contribution >= 0.6 is 39.0 Å². The molecule has 0 aliphatic rings. The third kappa shape index (κ3) is 5.18. The molecule has 1 heterocycles. The molecule has 0 saturated carbocycles. The molecular formula is C17H13BrF2N4O2S2. The number of halogens is 3. The largest absolute Gasteiger partial charge is 0.495 e. The molecule has 3 rings (SSSR count). The zero-order chi connectivity index (χ0) is 20.1. The van der Waals surface area contributed by atoms with Crippen LogP contribution in [0.5, 0.6) is 5.75 Å². The highest BCUT2D eigenvalue weighted by molar-refractivity contribution is 9.10. The number of methoxy groups -OCH3 is 1. The Morgan fingerprint density at radius 3 is 2.82 bits per heavy atom. The van der Waals surface area contributed by atoms with Crippen LogP contribution in [0.1, 0.15) is 0 Å². The lowest BCUT2D eigenvalue weighted by molar-refractivity contribution is -0.113. The van der Waals surface area contributed by atoms with Crippen LogP contribution in [0.15, 0.2) is 45.2 Å². The molecular weight excluding hydrogens is 474 g/mol. The number of carbonyl (C=O) groups is 1. The van der Waals surface area contributed by atoms with Crippen molar-refractivity contribution in [1.29, 1.82) is 0 Å². The second-order valence-corrected chi connectivity index (χ2v) is 8.33. The van der Waals surface area contributed by atoms with E-state index < -0.39 is 17.5 Å². The van der Waals surface area contributed by atoms with Gasteiger partial charge in [0, 0.05) is 10.5 Å². The molecule has 0 unspecified atom stereocenters. The number of benzene rings is 2. The number of ether oxygens (including phenoxy) is 1. The fraction of sp³-hybridized carbons (Fsp3) is 0.118. The molecule has 0 atom stereocenters. The Hall–Kier alpha value is -2.24. The maximum absolute atomic E-state index is 13.8. The standard InChI is InChI=1S/C17H13BrF2N4O2S2/c1-26-13-5-3-2-4-12(13)21-16-23-24-17(28-16)27-8-14(25)22-15-10(18)6-9(19)7-11(15)20/h2-7H,8H2,1H3,(H,21,23)(H,22,25). The van der Waals surface area contributed by atoms with Gasteiger partial charge in [-0.15, -0.1) is 10.2 Å². The summed E-state index contributed by atoms with van der Waals surface area (Å²) in [5.74, 6) is -1.39. The Kier molecular flexibility index (Phi) is 6.81. The highest BCUT2D eigenvalue weighted by Gasteiger charge is 2.14. The molecule has 2 aromatic carbocycles. The highest BCUT2D eigenvalue weighted by atomic mass is 79.9. The summed E-state index contributed by atoms with van der Waals surface area (Å²) in [5.41, 5.74) is 0.634. The number of hydrogen-bond donors (Lipinski definition) is 2. The van der Waals surface area contributed by atoms with E-state index in [0.29, 0.717) is 21.3 Å². The van der Waals surface area contributed by atoms with Crippen LogP contribution in [-0.2, 0) is 4.79 Å². The molecule has 11 heteroatoms. The van der Waals surface area contributed by atoms with E-state index in [1.165, 1.54) is 11.3 Å². The zero-order valence-electron chi connectivity index (χ0n) is 14.3. The first kappa shape index (κ1) is 20.5. The van der Waals surface area contributed by atoms with Gasteiger partial charge in [-0.2, -0.15) is 0 Å². The average Bonchev–Trinajstić information content (AvgIpc) is 3.11. The van der Waals surface area contributed by atoms with Gasteiger partial charge in [0.2, 0.25) is 11.0 Å². The number of carbonyl (C=O) groups excluding carboxylic acids is 1. The summed E-state index contributed by atoms with van der Waals surface area (Å²) in [7, 11) is 1.57. The molecule has 1 aromatic heterocycles. The lowest BCUT2D eigenvalue weighted by Crippen LogP contribution is -2.15. The summed E-state index contributed by atoms with van der Waals surface area (Å²) in [5, 5.41) is 14.1. The van der Waals surface area contributed by atoms with Crippen molar-refractivity contribution in [2.75, 3.05) is 23.5 Å². The molecule has 0 radical (unpaired) electrons. The number of anilines is 3. The van der Waals surface area contributed by atoms with Gasteiger partial charge in [-0.05, 0) is 34.1 Å². The maximum Gasteiger partial charge on any atom is 0.234 e. The number of nitrogens with one attached hydrogen (secondary N) is 2. The van der Waals surface area contributed by atoms with Gasteiger partial charge < -0.3 is 15.4 Å². The van der Waals surface area contributed by atoms with E-state index in [-0.39, 0.29) is 15.9 Å². The van der Waals surface area contributed by atoms with E-state index in [1.54, 1.807) is 7.11 Å². The molecule has 0 fully saturated rings. The first-order valence-electron chi connectivity index (χ1n) is 7.77. The fourth-order valence-corrected chi connectivity index (χ4v) is 4.22. The summed E-state index contributed by atoms with van der Waals surface area (Å²) >= 11 is 5.45. The first-order chi connectivity index (χ1) is 13.5. The number of hydrogen-bond acceptors (Lipinski definition) is 7. The molecule has 3 aromatic rings. The molecule has 146 valence electrons. The molecule has 28 heavy (non-hydrogen) atoms. The minimum absolute atomic E-state index is 0.00739. The molecule has 2 N–H and O–H groups in total. The minimum atomic E-state index is -0.857. The van der Waals surface area contributed by atoms with E-state index in [9.17, 15) is 13.6 Å². The maximum atomic E-state index is 13.8. The zero-order valence-corrected chi connectivity index (χ0v) is 17.6. The van der Waals surface area contributed by atoms with Crippen LogP contribution in [-0.4, -0.2) is 29.0 Å². The number of aromatic nitrogens is 2. The monoisotopic (exact) mass is 486 g/mol. The van der Waals surface area contributed by atoms with Gasteiger partial charge in [-0.1, -0.05) is 35.2 Å². The Morgan fingerprint density at radius 1 is 1.29 bits per heavy atom. The lowest BCUT2D eigenvalue weighted by Gasteiger charge is -2.08. The van der Waals surface area contributed by atoms with Crippen molar-refractivity contribution < 1.29 is 18.3 Å². The summed E-state index contributed by atoms with van der Waals surface area (Å²) in [6.45, 7) is 0. The second kappa shape index (κ2) is 9.30. The number of thioether (sulfide) groups is 1. The SMILES string of the molecule is COc1ccccc1Nc1nnc(SCC(=O)Nc2c(F)cc(F)cc2Br)s1. The Bertz CT molecular complexity index is 980. The Labute approximate surface area is 175 Å². The first-order valence-corrected chi connectivity index (χ1v) is 10.4. The topological polar surface area (TPSA) is 76.1 Å². The number of nitrogens with zero attached hydrogens (tertiary/aromatic N) is 2. The molecule has 6 nitrogen and oxygen atoms in total. The highest BCUT2D eigenvalue weighted by Crippen LogP contribution is 2.32. The van der Waals surface area contributed by atoms with E-state index in [0.717, 1.165) is 23.5 Å². The smallest absolute Gasteiger partial charge is 0.234 e. The summed E-state index contributed by atoms with van der Waals surface area (Å²) in [6, 6.07) is 9.15. The molecule has 1 amide bonds. The van der Waals surface area contributed by atoms with E-state index in [1.807, 2.05) is 24.3 Å². The van der Waals surface area contributed by atoms with Crippen LogP contribution < -0.4 is 15.4 Å². The van der Waals surface area contributed by atoms with Gasteiger partial charge in [0.05, 0.1) is 24.2 Å². The molecule has 0 bridgehead atoms. The molecule has 0 aliphatic heterocycles. The predicted octanol–water partition coefficient (Wildman–Crippen LogP) is 5.06.